The van der Waals surface area contributed by atoms with Crippen molar-refractivity contribution in [2.45, 2.75) is 12.5 Å². The van der Waals surface area contributed by atoms with E-state index in [9.17, 15) is 0 Å². The number of hydrogen-bond donors (Lipinski definition) is 0. The highest BCUT2D eigenvalue weighted by atomic mass is 79.9. The SMILES string of the molecule is ClCc1ccc(OCc2ccccc2Br)nc1. The van der Waals surface area contributed by atoms with Gasteiger partial charge in [-0.3, -0.25) is 0 Å². The van der Waals surface area contributed by atoms with Gasteiger partial charge < -0.3 is 4.74 Å². The van der Waals surface area contributed by atoms with Gasteiger partial charge in [-0.05, 0) is 11.6 Å². The van der Waals surface area contributed by atoms with Gasteiger partial charge in [-0.1, -0.05) is 40.2 Å². The van der Waals surface area contributed by atoms with Gasteiger partial charge in [0.05, 0.1) is 0 Å². The second-order valence-corrected chi connectivity index (χ2v) is 4.64. The van der Waals surface area contributed by atoms with Gasteiger partial charge in [0.1, 0.15) is 6.61 Å². The lowest BCUT2D eigenvalue weighted by Crippen LogP contribution is -1.98. The van der Waals surface area contributed by atoms with Crippen LogP contribution in [0.15, 0.2) is 47.1 Å². The summed E-state index contributed by atoms with van der Waals surface area (Å²) in [6.07, 6.45) is 1.72. The molecule has 0 unspecified atom stereocenters. The van der Waals surface area contributed by atoms with Crippen molar-refractivity contribution in [2.24, 2.45) is 0 Å². The average molecular weight is 313 g/mol. The van der Waals surface area contributed by atoms with Crippen LogP contribution in [0.3, 0.4) is 0 Å². The van der Waals surface area contributed by atoms with Gasteiger partial charge in [0.25, 0.3) is 0 Å². The molecular formula is C13H11BrClNO. The van der Waals surface area contributed by atoms with Crippen molar-refractivity contribution in [1.29, 1.82) is 0 Å². The first kappa shape index (κ1) is 12.4. The zero-order chi connectivity index (χ0) is 12.1. The molecule has 0 fully saturated rings. The monoisotopic (exact) mass is 311 g/mol. The van der Waals surface area contributed by atoms with Crippen LogP contribution in [0.2, 0.25) is 0 Å². The van der Waals surface area contributed by atoms with Crippen LogP contribution in [-0.2, 0) is 12.5 Å². The number of rotatable bonds is 4. The number of ether oxygens (including phenoxy) is 1. The summed E-state index contributed by atoms with van der Waals surface area (Å²) < 4.78 is 6.63. The molecule has 2 nitrogen and oxygen atoms in total. The first-order valence-corrected chi connectivity index (χ1v) is 6.49. The van der Waals surface area contributed by atoms with Crippen LogP contribution in [0, 0.1) is 0 Å². The minimum absolute atomic E-state index is 0.470. The first-order valence-electron chi connectivity index (χ1n) is 5.16. The highest BCUT2D eigenvalue weighted by Crippen LogP contribution is 2.18. The third kappa shape index (κ3) is 3.45. The van der Waals surface area contributed by atoms with E-state index in [0.717, 1.165) is 15.6 Å². The molecule has 0 amide bonds. The van der Waals surface area contributed by atoms with Crippen molar-refractivity contribution < 1.29 is 4.74 Å². The summed E-state index contributed by atoms with van der Waals surface area (Å²) in [5.74, 6) is 1.08. The van der Waals surface area contributed by atoms with E-state index >= 15 is 0 Å². The first-order chi connectivity index (χ1) is 8.29. The average Bonchev–Trinajstić information content (AvgIpc) is 2.38. The Kier molecular flexibility index (Phi) is 4.40. The Labute approximate surface area is 114 Å². The molecule has 0 aliphatic carbocycles. The topological polar surface area (TPSA) is 22.1 Å². The maximum Gasteiger partial charge on any atom is 0.213 e. The largest absolute Gasteiger partial charge is 0.473 e. The van der Waals surface area contributed by atoms with Crippen LogP contribution in [0.25, 0.3) is 0 Å². The molecule has 17 heavy (non-hydrogen) atoms. The predicted octanol–water partition coefficient (Wildman–Crippen LogP) is 4.16. The molecule has 0 spiro atoms. The molecule has 2 aromatic rings. The van der Waals surface area contributed by atoms with E-state index in [1.165, 1.54) is 0 Å². The Balaban J connectivity index is 2.00. The lowest BCUT2D eigenvalue weighted by molar-refractivity contribution is 0.293. The fourth-order valence-electron chi connectivity index (χ4n) is 1.34. The molecule has 0 bridgehead atoms. The van der Waals surface area contributed by atoms with Crippen molar-refractivity contribution >= 4 is 27.5 Å². The van der Waals surface area contributed by atoms with Crippen LogP contribution in [0.5, 0.6) is 5.88 Å². The number of nitrogens with zero attached hydrogens (tertiary/aromatic N) is 1. The summed E-state index contributed by atoms with van der Waals surface area (Å²) in [5, 5.41) is 0. The second-order valence-electron chi connectivity index (χ2n) is 3.52. The maximum atomic E-state index is 5.69. The van der Waals surface area contributed by atoms with Crippen LogP contribution in [0.1, 0.15) is 11.1 Å². The van der Waals surface area contributed by atoms with E-state index in [2.05, 4.69) is 20.9 Å². The molecule has 1 aromatic carbocycles. The molecule has 0 radical (unpaired) electrons. The Morgan fingerprint density at radius 1 is 1.18 bits per heavy atom. The molecule has 88 valence electrons. The summed E-state index contributed by atoms with van der Waals surface area (Å²) in [6.45, 7) is 0.495. The summed E-state index contributed by atoms with van der Waals surface area (Å²) in [6, 6.07) is 11.7. The highest BCUT2D eigenvalue weighted by molar-refractivity contribution is 9.10. The summed E-state index contributed by atoms with van der Waals surface area (Å²) in [5.41, 5.74) is 2.08. The summed E-state index contributed by atoms with van der Waals surface area (Å²) in [7, 11) is 0. The number of hydrogen-bond acceptors (Lipinski definition) is 2. The number of halogens is 2. The van der Waals surface area contributed by atoms with Gasteiger partial charge >= 0.3 is 0 Å². The van der Waals surface area contributed by atoms with Crippen molar-refractivity contribution in [1.82, 2.24) is 4.98 Å². The van der Waals surface area contributed by atoms with Crippen molar-refractivity contribution in [3.63, 3.8) is 0 Å². The van der Waals surface area contributed by atoms with Crippen LogP contribution in [0.4, 0.5) is 0 Å². The number of alkyl halides is 1. The quantitative estimate of drug-likeness (QED) is 0.791. The van der Waals surface area contributed by atoms with Crippen molar-refractivity contribution in [2.75, 3.05) is 0 Å². The van der Waals surface area contributed by atoms with Crippen molar-refractivity contribution in [3.8, 4) is 5.88 Å². The molecule has 4 heteroatoms. The van der Waals surface area contributed by atoms with Crippen LogP contribution in [-0.4, -0.2) is 4.98 Å². The molecular weight excluding hydrogens is 302 g/mol. The van der Waals surface area contributed by atoms with E-state index in [1.54, 1.807) is 6.20 Å². The normalized spacial score (nSPS) is 10.2. The zero-order valence-corrected chi connectivity index (χ0v) is 11.4. The van der Waals surface area contributed by atoms with E-state index in [1.807, 2.05) is 36.4 Å². The Morgan fingerprint density at radius 3 is 2.65 bits per heavy atom. The van der Waals surface area contributed by atoms with E-state index in [4.69, 9.17) is 16.3 Å². The lowest BCUT2D eigenvalue weighted by Gasteiger charge is -2.07. The molecule has 1 heterocycles. The summed E-state index contributed by atoms with van der Waals surface area (Å²) in [4.78, 5) is 4.17. The third-order valence-electron chi connectivity index (χ3n) is 2.29. The second kappa shape index (κ2) is 6.03. The zero-order valence-electron chi connectivity index (χ0n) is 9.07. The Bertz CT molecular complexity index is 487. The lowest BCUT2D eigenvalue weighted by atomic mass is 10.2. The molecule has 2 rings (SSSR count). The van der Waals surface area contributed by atoms with Gasteiger partial charge in [-0.25, -0.2) is 4.98 Å². The Morgan fingerprint density at radius 2 is 2.00 bits per heavy atom. The number of benzene rings is 1. The van der Waals surface area contributed by atoms with Gasteiger partial charge in [0.2, 0.25) is 5.88 Å². The van der Waals surface area contributed by atoms with Crippen LogP contribution >= 0.6 is 27.5 Å². The molecule has 0 saturated heterocycles. The van der Waals surface area contributed by atoms with Crippen molar-refractivity contribution in [3.05, 3.63) is 58.2 Å². The fourth-order valence-corrected chi connectivity index (χ4v) is 1.90. The van der Waals surface area contributed by atoms with E-state index in [0.29, 0.717) is 18.4 Å². The van der Waals surface area contributed by atoms with E-state index in [-0.39, 0.29) is 0 Å². The van der Waals surface area contributed by atoms with Gasteiger partial charge in [-0.2, -0.15) is 0 Å². The van der Waals surface area contributed by atoms with E-state index < -0.39 is 0 Å². The molecule has 1 aromatic heterocycles. The molecule has 0 atom stereocenters. The Hall–Kier alpha value is -1.06. The van der Waals surface area contributed by atoms with Gasteiger partial charge in [-0.15, -0.1) is 11.6 Å². The predicted molar refractivity (Wildman–Crippen MR) is 72.3 cm³/mol. The number of aromatic nitrogens is 1. The minimum atomic E-state index is 0.470. The molecule has 0 aliphatic rings. The smallest absolute Gasteiger partial charge is 0.213 e. The maximum absolute atomic E-state index is 5.69. The standard InChI is InChI=1S/C13H11BrClNO/c14-12-4-2-1-3-11(12)9-17-13-6-5-10(7-15)8-16-13/h1-6,8H,7,9H2. The highest BCUT2D eigenvalue weighted by Gasteiger charge is 2.00. The number of pyridine rings is 1. The summed E-state index contributed by atoms with van der Waals surface area (Å²) >= 11 is 9.16. The minimum Gasteiger partial charge on any atom is -0.473 e. The van der Waals surface area contributed by atoms with Crippen LogP contribution < -0.4 is 4.74 Å². The van der Waals surface area contributed by atoms with Gasteiger partial charge in [0, 0.05) is 28.2 Å². The third-order valence-corrected chi connectivity index (χ3v) is 3.37. The molecule has 0 aliphatic heterocycles. The van der Waals surface area contributed by atoms with Gasteiger partial charge in [0.15, 0.2) is 0 Å². The fraction of sp³-hybridized carbons (Fsp3) is 0.154. The molecule has 0 saturated carbocycles. The molecule has 0 N–H and O–H groups in total.